The van der Waals surface area contributed by atoms with Crippen LogP contribution in [0.25, 0.3) is 22.6 Å². The van der Waals surface area contributed by atoms with Crippen molar-refractivity contribution < 1.29 is 0 Å². The Bertz CT molecular complexity index is 653. The topological polar surface area (TPSA) is 83.4 Å². The van der Waals surface area contributed by atoms with E-state index in [2.05, 4.69) is 46.1 Å². The predicted octanol–water partition coefficient (Wildman–Crippen LogP) is 2.15. The van der Waals surface area contributed by atoms with E-state index in [1.807, 2.05) is 0 Å². The number of hydrogen-bond acceptors (Lipinski definition) is 3. The summed E-state index contributed by atoms with van der Waals surface area (Å²) in [4.78, 5) is 7.77. The highest BCUT2D eigenvalue weighted by Gasteiger charge is 2.08. The van der Waals surface area contributed by atoms with E-state index in [0.717, 1.165) is 22.6 Å². The zero-order chi connectivity index (χ0) is 12.0. The van der Waals surface area contributed by atoms with Crippen molar-refractivity contribution in [2.75, 3.05) is 5.73 Å². The van der Waals surface area contributed by atoms with Gasteiger partial charge in [0, 0.05) is 6.07 Å². The summed E-state index contributed by atoms with van der Waals surface area (Å²) in [6, 6.07) is 5.93. The van der Waals surface area contributed by atoms with Crippen LogP contribution in [0.2, 0.25) is 0 Å². The van der Waals surface area contributed by atoms with Gasteiger partial charge >= 0.3 is 0 Å². The van der Waals surface area contributed by atoms with Gasteiger partial charge in [-0.05, 0) is 37.1 Å². The zero-order valence-electron chi connectivity index (χ0n) is 9.70. The standard InChI is InChI=1S/C12H13N5/c1-6-3-8-9(4-7(6)2)15-12(14-8)10-5-11(13)17-16-10/h3-5H,1-2H3,(H,14,15)(H3,13,16,17). The zero-order valence-corrected chi connectivity index (χ0v) is 9.70. The lowest BCUT2D eigenvalue weighted by molar-refractivity contribution is 1.09. The molecular weight excluding hydrogens is 214 g/mol. The number of aryl methyl sites for hydroxylation is 2. The summed E-state index contributed by atoms with van der Waals surface area (Å²) < 4.78 is 0. The summed E-state index contributed by atoms with van der Waals surface area (Å²) in [5, 5.41) is 6.73. The second-order valence-electron chi connectivity index (χ2n) is 4.25. The van der Waals surface area contributed by atoms with Crippen LogP contribution < -0.4 is 5.73 Å². The van der Waals surface area contributed by atoms with Crippen molar-refractivity contribution in [3.05, 3.63) is 29.3 Å². The minimum Gasteiger partial charge on any atom is -0.382 e. The maximum Gasteiger partial charge on any atom is 0.156 e. The number of aromatic nitrogens is 4. The summed E-state index contributed by atoms with van der Waals surface area (Å²) in [6.07, 6.45) is 0. The van der Waals surface area contributed by atoms with Gasteiger partial charge in [0.2, 0.25) is 0 Å². The molecule has 0 radical (unpaired) electrons. The predicted molar refractivity (Wildman–Crippen MR) is 67.6 cm³/mol. The number of nitrogens with zero attached hydrogens (tertiary/aromatic N) is 2. The number of nitrogens with one attached hydrogen (secondary N) is 2. The van der Waals surface area contributed by atoms with Crippen LogP contribution in [0.4, 0.5) is 5.82 Å². The first-order valence-electron chi connectivity index (χ1n) is 5.42. The van der Waals surface area contributed by atoms with Crippen LogP contribution in [0.15, 0.2) is 18.2 Å². The highest BCUT2D eigenvalue weighted by atomic mass is 15.2. The lowest BCUT2D eigenvalue weighted by atomic mass is 10.1. The van der Waals surface area contributed by atoms with Gasteiger partial charge in [-0.3, -0.25) is 5.10 Å². The Morgan fingerprint density at radius 2 is 1.88 bits per heavy atom. The number of nitrogens with two attached hydrogens (primary N) is 1. The monoisotopic (exact) mass is 227 g/mol. The smallest absolute Gasteiger partial charge is 0.156 e. The van der Waals surface area contributed by atoms with Gasteiger partial charge in [0.05, 0.1) is 11.0 Å². The number of anilines is 1. The molecule has 17 heavy (non-hydrogen) atoms. The highest BCUT2D eigenvalue weighted by molar-refractivity contribution is 5.80. The van der Waals surface area contributed by atoms with Crippen molar-refractivity contribution >= 4 is 16.9 Å². The SMILES string of the molecule is Cc1cc2nc(-c3cc(N)n[nH]3)[nH]c2cc1C. The van der Waals surface area contributed by atoms with Crippen molar-refractivity contribution in [3.63, 3.8) is 0 Å². The molecular formula is C12H13N5. The number of aromatic amines is 2. The Labute approximate surface area is 98.1 Å². The van der Waals surface area contributed by atoms with E-state index in [9.17, 15) is 0 Å². The quantitative estimate of drug-likeness (QED) is 0.595. The maximum absolute atomic E-state index is 5.57. The second-order valence-corrected chi connectivity index (χ2v) is 4.25. The molecule has 0 unspecified atom stereocenters. The molecule has 0 aliphatic carbocycles. The molecule has 0 amide bonds. The summed E-state index contributed by atoms with van der Waals surface area (Å²) >= 11 is 0. The van der Waals surface area contributed by atoms with Gasteiger partial charge in [-0.1, -0.05) is 0 Å². The average Bonchev–Trinajstić information content (AvgIpc) is 2.85. The van der Waals surface area contributed by atoms with Crippen molar-refractivity contribution in [1.29, 1.82) is 0 Å². The average molecular weight is 227 g/mol. The molecule has 3 aromatic rings. The van der Waals surface area contributed by atoms with E-state index in [-0.39, 0.29) is 0 Å². The summed E-state index contributed by atoms with van der Waals surface area (Å²) in [6.45, 7) is 4.17. The molecule has 0 fully saturated rings. The summed E-state index contributed by atoms with van der Waals surface area (Å²) in [5.41, 5.74) is 10.8. The number of rotatable bonds is 1. The molecule has 5 nitrogen and oxygen atoms in total. The molecule has 3 rings (SSSR count). The molecule has 0 aliphatic heterocycles. The molecule has 0 saturated heterocycles. The minimum absolute atomic E-state index is 0.466. The number of H-pyrrole nitrogens is 2. The first kappa shape index (κ1) is 9.89. The normalized spacial score (nSPS) is 11.2. The van der Waals surface area contributed by atoms with Gasteiger partial charge in [0.1, 0.15) is 11.5 Å². The highest BCUT2D eigenvalue weighted by Crippen LogP contribution is 2.22. The van der Waals surface area contributed by atoms with E-state index in [1.54, 1.807) is 6.07 Å². The van der Waals surface area contributed by atoms with Gasteiger partial charge in [-0.2, -0.15) is 5.10 Å². The van der Waals surface area contributed by atoms with Crippen LogP contribution >= 0.6 is 0 Å². The second kappa shape index (κ2) is 3.35. The first-order valence-corrected chi connectivity index (χ1v) is 5.42. The number of imidazole rings is 1. The molecule has 4 N–H and O–H groups in total. The molecule has 0 saturated carbocycles. The summed E-state index contributed by atoms with van der Waals surface area (Å²) in [5.74, 6) is 1.22. The maximum atomic E-state index is 5.57. The van der Waals surface area contributed by atoms with E-state index in [1.165, 1.54) is 11.1 Å². The molecule has 2 aromatic heterocycles. The Morgan fingerprint density at radius 3 is 2.59 bits per heavy atom. The van der Waals surface area contributed by atoms with Crippen molar-refractivity contribution in [2.24, 2.45) is 0 Å². The Hall–Kier alpha value is -2.30. The molecule has 5 heteroatoms. The van der Waals surface area contributed by atoms with Crippen LogP contribution in [0.3, 0.4) is 0 Å². The fourth-order valence-corrected chi connectivity index (χ4v) is 1.86. The lowest BCUT2D eigenvalue weighted by Crippen LogP contribution is -1.81. The molecule has 0 atom stereocenters. The van der Waals surface area contributed by atoms with E-state index >= 15 is 0 Å². The Kier molecular flexibility index (Phi) is 1.95. The van der Waals surface area contributed by atoms with Crippen LogP contribution in [-0.2, 0) is 0 Å². The van der Waals surface area contributed by atoms with Crippen molar-refractivity contribution in [3.8, 4) is 11.5 Å². The molecule has 0 aliphatic rings. The Balaban J connectivity index is 2.19. The van der Waals surface area contributed by atoms with E-state index < -0.39 is 0 Å². The molecule has 2 heterocycles. The van der Waals surface area contributed by atoms with Crippen molar-refractivity contribution in [1.82, 2.24) is 20.2 Å². The van der Waals surface area contributed by atoms with Gasteiger partial charge in [-0.25, -0.2) is 4.98 Å². The molecule has 1 aromatic carbocycles. The fourth-order valence-electron chi connectivity index (χ4n) is 1.86. The van der Waals surface area contributed by atoms with Crippen LogP contribution in [0.5, 0.6) is 0 Å². The summed E-state index contributed by atoms with van der Waals surface area (Å²) in [7, 11) is 0. The third kappa shape index (κ3) is 1.56. The first-order chi connectivity index (χ1) is 8.13. The lowest BCUT2D eigenvalue weighted by Gasteiger charge is -1.97. The van der Waals surface area contributed by atoms with E-state index in [0.29, 0.717) is 5.82 Å². The molecule has 86 valence electrons. The number of nitrogen functional groups attached to an aromatic ring is 1. The van der Waals surface area contributed by atoms with Gasteiger partial charge < -0.3 is 10.7 Å². The van der Waals surface area contributed by atoms with Crippen LogP contribution in [-0.4, -0.2) is 20.2 Å². The van der Waals surface area contributed by atoms with Gasteiger partial charge in [0.25, 0.3) is 0 Å². The number of fused-ring (bicyclic) bond motifs is 1. The van der Waals surface area contributed by atoms with Gasteiger partial charge in [0.15, 0.2) is 5.82 Å². The Morgan fingerprint density at radius 1 is 1.12 bits per heavy atom. The van der Waals surface area contributed by atoms with Crippen LogP contribution in [0.1, 0.15) is 11.1 Å². The third-order valence-corrected chi connectivity index (χ3v) is 2.95. The molecule has 0 bridgehead atoms. The fraction of sp³-hybridized carbons (Fsp3) is 0.167. The van der Waals surface area contributed by atoms with E-state index in [4.69, 9.17) is 5.73 Å². The third-order valence-electron chi connectivity index (χ3n) is 2.95. The largest absolute Gasteiger partial charge is 0.382 e. The number of hydrogen-bond donors (Lipinski definition) is 3. The number of benzene rings is 1. The molecule has 0 spiro atoms. The van der Waals surface area contributed by atoms with Crippen LogP contribution in [0, 0.1) is 13.8 Å². The van der Waals surface area contributed by atoms with Gasteiger partial charge in [-0.15, -0.1) is 0 Å². The minimum atomic E-state index is 0.466. The van der Waals surface area contributed by atoms with Crippen molar-refractivity contribution in [2.45, 2.75) is 13.8 Å².